The van der Waals surface area contributed by atoms with Crippen LogP contribution >= 0.6 is 0 Å². The Morgan fingerprint density at radius 1 is 1.18 bits per heavy atom. The molecule has 1 aliphatic carbocycles. The number of aliphatic hydroxyl groups excluding tert-OH is 1. The Bertz CT molecular complexity index is 791. The molecule has 1 aromatic rings. The summed E-state index contributed by atoms with van der Waals surface area (Å²) in [6.45, 7) is 20.9. The third-order valence-electron chi connectivity index (χ3n) is 5.76. The number of carbonyl (C=O) groups excluding carboxylic acids is 1. The number of nitrogens with one attached hydrogen (secondary N) is 1. The molecular weight excluding hydrogens is 422 g/mol. The fraction of sp³-hybridized carbons (Fsp3) is 0.433. The molecule has 1 fully saturated rings. The molecular formula is C30H45NO3. The van der Waals surface area contributed by atoms with Gasteiger partial charge in [-0.1, -0.05) is 79.9 Å². The summed E-state index contributed by atoms with van der Waals surface area (Å²) in [5, 5.41) is 13.9. The molecule has 0 spiro atoms. The lowest BCUT2D eigenvalue weighted by molar-refractivity contribution is -0.164. The molecule has 4 atom stereocenters. The van der Waals surface area contributed by atoms with Crippen molar-refractivity contribution in [2.24, 2.45) is 5.41 Å². The third kappa shape index (κ3) is 10.5. The molecule has 0 bridgehead atoms. The van der Waals surface area contributed by atoms with Crippen LogP contribution in [-0.4, -0.2) is 29.3 Å². The zero-order chi connectivity index (χ0) is 26.0. The van der Waals surface area contributed by atoms with Crippen LogP contribution in [0.1, 0.15) is 59.4 Å². The van der Waals surface area contributed by atoms with E-state index in [1.807, 2.05) is 82.3 Å². The highest BCUT2D eigenvalue weighted by Gasteiger charge is 2.50. The van der Waals surface area contributed by atoms with Crippen LogP contribution in [0.4, 0.5) is 0 Å². The van der Waals surface area contributed by atoms with Gasteiger partial charge in [-0.05, 0) is 65.0 Å². The molecule has 0 amide bonds. The molecule has 188 valence electrons. The molecule has 0 heterocycles. The Morgan fingerprint density at radius 3 is 2.24 bits per heavy atom. The van der Waals surface area contributed by atoms with Gasteiger partial charge in [0.25, 0.3) is 0 Å². The molecule has 4 heteroatoms. The van der Waals surface area contributed by atoms with Gasteiger partial charge in [0.2, 0.25) is 0 Å². The van der Waals surface area contributed by atoms with Crippen LogP contribution in [0, 0.1) is 5.41 Å². The van der Waals surface area contributed by atoms with Crippen molar-refractivity contribution in [1.82, 2.24) is 5.32 Å². The average Bonchev–Trinajstić information content (AvgIpc) is 3.28. The first-order valence-electron chi connectivity index (χ1n) is 12.0. The number of allylic oxidation sites excluding steroid dienone is 4. The largest absolute Gasteiger partial charge is 0.460 e. The van der Waals surface area contributed by atoms with Crippen molar-refractivity contribution in [3.05, 3.63) is 97.7 Å². The van der Waals surface area contributed by atoms with Gasteiger partial charge in [-0.3, -0.25) is 4.79 Å². The highest BCUT2D eigenvalue weighted by Crippen LogP contribution is 2.43. The van der Waals surface area contributed by atoms with Crippen molar-refractivity contribution < 1.29 is 14.6 Å². The van der Waals surface area contributed by atoms with Crippen molar-refractivity contribution in [3.63, 3.8) is 0 Å². The Hall–Kier alpha value is -2.69. The highest BCUT2D eigenvalue weighted by atomic mass is 16.5. The summed E-state index contributed by atoms with van der Waals surface area (Å²) in [6, 6.07) is 9.67. The van der Waals surface area contributed by atoms with Crippen LogP contribution < -0.4 is 5.32 Å². The molecule has 34 heavy (non-hydrogen) atoms. The minimum atomic E-state index is -0.873. The fourth-order valence-electron chi connectivity index (χ4n) is 3.68. The van der Waals surface area contributed by atoms with Crippen molar-refractivity contribution in [2.75, 3.05) is 0 Å². The molecule has 0 saturated heterocycles. The van der Waals surface area contributed by atoms with Crippen molar-refractivity contribution in [2.45, 2.75) is 78.7 Å². The summed E-state index contributed by atoms with van der Waals surface area (Å²) in [6.07, 6.45) is 12.6. The Balaban J connectivity index is 0.00000137. The van der Waals surface area contributed by atoms with Crippen molar-refractivity contribution in [1.29, 1.82) is 0 Å². The minimum absolute atomic E-state index is 0.0253. The summed E-state index contributed by atoms with van der Waals surface area (Å²) >= 11 is 0. The van der Waals surface area contributed by atoms with E-state index in [1.165, 1.54) is 0 Å². The average molecular weight is 468 g/mol. The number of benzene rings is 1. The number of hydrogen-bond acceptors (Lipinski definition) is 4. The van der Waals surface area contributed by atoms with E-state index in [-0.39, 0.29) is 24.7 Å². The Morgan fingerprint density at radius 2 is 1.76 bits per heavy atom. The molecule has 1 saturated carbocycles. The molecule has 0 aliphatic heterocycles. The lowest BCUT2D eigenvalue weighted by atomic mass is 9.80. The summed E-state index contributed by atoms with van der Waals surface area (Å²) in [7, 11) is 0. The topological polar surface area (TPSA) is 58.6 Å². The maximum Gasteiger partial charge on any atom is 0.315 e. The van der Waals surface area contributed by atoms with Gasteiger partial charge in [-0.15, -0.1) is 6.58 Å². The highest BCUT2D eigenvalue weighted by molar-refractivity contribution is 5.78. The van der Waals surface area contributed by atoms with Crippen LogP contribution in [0.25, 0.3) is 0 Å². The predicted octanol–water partition coefficient (Wildman–Crippen LogP) is 6.70. The maximum absolute atomic E-state index is 12.9. The number of rotatable bonds is 9. The number of esters is 1. The van der Waals surface area contributed by atoms with Crippen LogP contribution in [-0.2, 0) is 16.1 Å². The molecule has 2 N–H and O–H groups in total. The zero-order valence-electron chi connectivity index (χ0n) is 21.8. The van der Waals surface area contributed by atoms with E-state index >= 15 is 0 Å². The van der Waals surface area contributed by atoms with Gasteiger partial charge in [0, 0.05) is 6.04 Å². The fourth-order valence-corrected chi connectivity index (χ4v) is 3.68. The molecule has 1 aromatic carbocycles. The maximum atomic E-state index is 12.9. The Labute approximate surface area is 207 Å². The summed E-state index contributed by atoms with van der Waals surface area (Å²) < 4.78 is 5.57. The second-order valence-electron chi connectivity index (χ2n) is 8.36. The van der Waals surface area contributed by atoms with Gasteiger partial charge >= 0.3 is 5.97 Å². The number of hydrogen-bond donors (Lipinski definition) is 2. The second kappa shape index (κ2) is 17.7. The van der Waals surface area contributed by atoms with E-state index in [1.54, 1.807) is 19.1 Å². The molecule has 0 aromatic heterocycles. The molecule has 4 nitrogen and oxygen atoms in total. The first kappa shape index (κ1) is 31.3. The molecule has 1 aliphatic rings. The van der Waals surface area contributed by atoms with E-state index in [0.29, 0.717) is 12.8 Å². The summed E-state index contributed by atoms with van der Waals surface area (Å²) in [5.41, 5.74) is 0.951. The Kier molecular flexibility index (Phi) is 16.3. The normalized spacial score (nSPS) is 20.9. The first-order valence-corrected chi connectivity index (χ1v) is 12.0. The third-order valence-corrected chi connectivity index (χ3v) is 5.76. The van der Waals surface area contributed by atoms with Crippen LogP contribution in [0.15, 0.2) is 92.1 Å². The van der Waals surface area contributed by atoms with E-state index in [9.17, 15) is 9.90 Å². The molecule has 2 rings (SSSR count). The minimum Gasteiger partial charge on any atom is -0.460 e. The lowest BCUT2D eigenvalue weighted by Gasteiger charge is -2.30. The first-order chi connectivity index (χ1) is 16.3. The van der Waals surface area contributed by atoms with Crippen LogP contribution in [0.3, 0.4) is 0 Å². The quantitative estimate of drug-likeness (QED) is 0.241. The predicted molar refractivity (Wildman–Crippen MR) is 145 cm³/mol. The van der Waals surface area contributed by atoms with E-state index in [0.717, 1.165) is 17.6 Å². The van der Waals surface area contributed by atoms with Gasteiger partial charge in [-0.25, -0.2) is 0 Å². The summed E-state index contributed by atoms with van der Waals surface area (Å²) in [4.78, 5) is 12.9. The van der Waals surface area contributed by atoms with Crippen molar-refractivity contribution >= 4 is 5.97 Å². The SMILES string of the molecule is C/C=C\C.C=CC.C=CC(=C)C(/C=C/C)NC1CCC(C(=O)OCc2ccccc2)(C(C)O)C1. The van der Waals surface area contributed by atoms with Gasteiger partial charge in [0.1, 0.15) is 6.61 Å². The van der Waals surface area contributed by atoms with Gasteiger partial charge in [-0.2, -0.15) is 0 Å². The molecule has 4 unspecified atom stereocenters. The van der Waals surface area contributed by atoms with Crippen molar-refractivity contribution in [3.8, 4) is 0 Å². The van der Waals surface area contributed by atoms with Crippen LogP contribution in [0.2, 0.25) is 0 Å². The van der Waals surface area contributed by atoms with Gasteiger partial charge in [0.05, 0.1) is 17.6 Å². The monoisotopic (exact) mass is 467 g/mol. The zero-order valence-corrected chi connectivity index (χ0v) is 21.8. The number of aliphatic hydroxyl groups is 1. The van der Waals surface area contributed by atoms with E-state index in [4.69, 9.17) is 4.74 Å². The number of ether oxygens (including phenoxy) is 1. The standard InChI is InChI=1S/C23H31NO3.C4H8.C3H6/c1-5-10-21(17(3)6-2)24-20-13-14-23(15-20,18(4)25)22(26)27-16-19-11-8-7-9-12-19;1-3-4-2;1-3-2/h5-12,18,20-21,24-25H,2-3,13-16H2,1,4H3;3-4H,1-2H3;3H,1H2,2H3/b10-5+;4-3-;. The number of carbonyl (C=O) groups is 1. The van der Waals surface area contributed by atoms with E-state index < -0.39 is 11.5 Å². The van der Waals surface area contributed by atoms with Gasteiger partial charge < -0.3 is 15.2 Å². The van der Waals surface area contributed by atoms with E-state index in [2.05, 4.69) is 25.1 Å². The van der Waals surface area contributed by atoms with Crippen LogP contribution in [0.5, 0.6) is 0 Å². The summed E-state index contributed by atoms with van der Waals surface area (Å²) in [5.74, 6) is -0.323. The second-order valence-corrected chi connectivity index (χ2v) is 8.36. The lowest BCUT2D eigenvalue weighted by Crippen LogP contribution is -2.43. The smallest absolute Gasteiger partial charge is 0.315 e. The van der Waals surface area contributed by atoms with Gasteiger partial charge in [0.15, 0.2) is 0 Å². The molecule has 0 radical (unpaired) electrons.